The maximum atomic E-state index is 12.3. The zero-order valence-corrected chi connectivity index (χ0v) is 14.5. The van der Waals surface area contributed by atoms with E-state index in [1.54, 1.807) is 6.92 Å². The number of aryl methyl sites for hydroxylation is 1. The smallest absolute Gasteiger partial charge is 0.268 e. The third kappa shape index (κ3) is 4.38. The average molecular weight is 335 g/mol. The molecule has 0 saturated carbocycles. The maximum Gasteiger partial charge on any atom is 0.268 e. The molecule has 2 N–H and O–H groups in total. The van der Waals surface area contributed by atoms with Crippen LogP contribution in [0.25, 0.3) is 0 Å². The van der Waals surface area contributed by atoms with Crippen LogP contribution in [0.5, 0.6) is 0 Å². The number of hydrogen-bond acceptors (Lipinski definition) is 4. The fraction of sp³-hybridized carbons (Fsp3) is 0.647. The lowest BCUT2D eigenvalue weighted by atomic mass is 10.0. The van der Waals surface area contributed by atoms with Gasteiger partial charge in [0.25, 0.3) is 5.91 Å². The molecule has 5 nitrogen and oxygen atoms in total. The van der Waals surface area contributed by atoms with Crippen molar-refractivity contribution in [3.8, 4) is 0 Å². The van der Waals surface area contributed by atoms with Gasteiger partial charge in [-0.25, -0.2) is 0 Å². The van der Waals surface area contributed by atoms with Gasteiger partial charge in [0, 0.05) is 43.0 Å². The molecule has 0 spiro atoms. The van der Waals surface area contributed by atoms with Crippen molar-refractivity contribution < 1.29 is 4.79 Å². The molecule has 2 saturated heterocycles. The Morgan fingerprint density at radius 1 is 1.22 bits per heavy atom. The number of pyridine rings is 1. The number of aromatic amines is 1. The Hall–Kier alpha value is -1.27. The van der Waals surface area contributed by atoms with Crippen LogP contribution in [-0.2, 0) is 0 Å². The summed E-state index contributed by atoms with van der Waals surface area (Å²) in [5, 5.41) is 3.07. The summed E-state index contributed by atoms with van der Waals surface area (Å²) in [6, 6.07) is 3.82. The highest BCUT2D eigenvalue weighted by Gasteiger charge is 2.27. The van der Waals surface area contributed by atoms with Crippen LogP contribution in [-0.4, -0.2) is 52.5 Å². The Kier molecular flexibility index (Phi) is 5.43. The Morgan fingerprint density at radius 3 is 2.57 bits per heavy atom. The van der Waals surface area contributed by atoms with Gasteiger partial charge >= 0.3 is 0 Å². The number of aromatic nitrogens is 1. The van der Waals surface area contributed by atoms with Crippen LogP contribution in [0.2, 0.25) is 0 Å². The summed E-state index contributed by atoms with van der Waals surface area (Å²) in [5.74, 6) is 2.39. The molecule has 2 fully saturated rings. The van der Waals surface area contributed by atoms with E-state index in [1.165, 1.54) is 36.5 Å². The number of hydrogen-bond donors (Lipinski definition) is 2. The van der Waals surface area contributed by atoms with Crippen molar-refractivity contribution in [1.29, 1.82) is 0 Å². The normalized spacial score (nSPS) is 21.3. The molecule has 0 unspecified atom stereocenters. The number of piperidine rings is 1. The maximum absolute atomic E-state index is 12.3. The number of likely N-dealkylation sites (tertiary alicyclic amines) is 1. The van der Waals surface area contributed by atoms with Crippen LogP contribution in [0.1, 0.15) is 41.9 Å². The summed E-state index contributed by atoms with van der Waals surface area (Å²) in [7, 11) is 0. The highest BCUT2D eigenvalue weighted by molar-refractivity contribution is 7.99. The number of nitrogens with one attached hydrogen (secondary N) is 2. The van der Waals surface area contributed by atoms with Gasteiger partial charge in [0.2, 0.25) is 0 Å². The van der Waals surface area contributed by atoms with Gasteiger partial charge < -0.3 is 15.2 Å². The summed E-state index contributed by atoms with van der Waals surface area (Å²) < 4.78 is 0. The van der Waals surface area contributed by atoms with Crippen LogP contribution in [0.3, 0.4) is 0 Å². The molecule has 2 aliphatic rings. The lowest BCUT2D eigenvalue weighted by Crippen LogP contribution is -2.49. The summed E-state index contributed by atoms with van der Waals surface area (Å²) in [4.78, 5) is 29.4. The summed E-state index contributed by atoms with van der Waals surface area (Å²) in [6.07, 6.45) is 4.58. The first-order valence-electron chi connectivity index (χ1n) is 8.45. The number of thioether (sulfide) groups is 1. The molecule has 1 aromatic heterocycles. The van der Waals surface area contributed by atoms with Crippen molar-refractivity contribution in [1.82, 2.24) is 15.2 Å². The van der Waals surface area contributed by atoms with E-state index < -0.39 is 0 Å². The van der Waals surface area contributed by atoms with E-state index in [1.807, 2.05) is 0 Å². The first kappa shape index (κ1) is 16.6. The molecule has 0 aromatic carbocycles. The SMILES string of the molecule is Cc1cc(=O)cc(C(=O)NC2CCN(C3CCSCC3)CC2)[nH]1. The Labute approximate surface area is 141 Å². The predicted octanol–water partition coefficient (Wildman–Crippen LogP) is 1.77. The Balaban J connectivity index is 1.52. The third-order valence-electron chi connectivity index (χ3n) is 4.79. The second kappa shape index (κ2) is 7.53. The highest BCUT2D eigenvalue weighted by atomic mass is 32.2. The van der Waals surface area contributed by atoms with E-state index in [4.69, 9.17) is 0 Å². The van der Waals surface area contributed by atoms with Gasteiger partial charge in [-0.2, -0.15) is 11.8 Å². The van der Waals surface area contributed by atoms with Crippen LogP contribution in [0.15, 0.2) is 16.9 Å². The van der Waals surface area contributed by atoms with Crippen molar-refractivity contribution in [3.63, 3.8) is 0 Å². The van der Waals surface area contributed by atoms with Crippen LogP contribution < -0.4 is 10.7 Å². The number of nitrogens with zero attached hydrogens (tertiary/aromatic N) is 1. The fourth-order valence-electron chi connectivity index (χ4n) is 3.53. The lowest BCUT2D eigenvalue weighted by molar-refractivity contribution is 0.0881. The third-order valence-corrected chi connectivity index (χ3v) is 5.84. The molecular weight excluding hydrogens is 310 g/mol. The topological polar surface area (TPSA) is 65.2 Å². The molecule has 3 rings (SSSR count). The van der Waals surface area contributed by atoms with Gasteiger partial charge in [-0.05, 0) is 44.1 Å². The summed E-state index contributed by atoms with van der Waals surface area (Å²) in [5.41, 5.74) is 0.950. The molecule has 0 radical (unpaired) electrons. The molecular formula is C17H25N3O2S. The molecule has 0 aliphatic carbocycles. The van der Waals surface area contributed by atoms with E-state index in [-0.39, 0.29) is 17.4 Å². The molecule has 2 aliphatic heterocycles. The van der Waals surface area contributed by atoms with Gasteiger partial charge in [0.15, 0.2) is 5.43 Å². The number of rotatable bonds is 3. The van der Waals surface area contributed by atoms with E-state index >= 15 is 0 Å². The van der Waals surface area contributed by atoms with Crippen LogP contribution in [0.4, 0.5) is 0 Å². The minimum atomic E-state index is -0.168. The summed E-state index contributed by atoms with van der Waals surface area (Å²) in [6.45, 7) is 3.91. The second-order valence-electron chi connectivity index (χ2n) is 6.54. The van der Waals surface area contributed by atoms with Crippen LogP contribution >= 0.6 is 11.8 Å². The molecule has 0 atom stereocenters. The average Bonchev–Trinajstić information content (AvgIpc) is 2.55. The first-order chi connectivity index (χ1) is 11.1. The highest BCUT2D eigenvalue weighted by Crippen LogP contribution is 2.24. The minimum Gasteiger partial charge on any atom is -0.354 e. The van der Waals surface area contributed by atoms with Crippen LogP contribution in [0, 0.1) is 6.92 Å². The van der Waals surface area contributed by atoms with Crippen molar-refractivity contribution in [2.75, 3.05) is 24.6 Å². The molecule has 1 aromatic rings. The van der Waals surface area contributed by atoms with Crippen molar-refractivity contribution in [2.45, 2.75) is 44.7 Å². The molecule has 6 heteroatoms. The van der Waals surface area contributed by atoms with Crippen molar-refractivity contribution in [2.24, 2.45) is 0 Å². The summed E-state index contributed by atoms with van der Waals surface area (Å²) >= 11 is 2.06. The quantitative estimate of drug-likeness (QED) is 0.884. The van der Waals surface area contributed by atoms with Crippen molar-refractivity contribution in [3.05, 3.63) is 33.7 Å². The largest absolute Gasteiger partial charge is 0.354 e. The predicted molar refractivity (Wildman–Crippen MR) is 94.2 cm³/mol. The van der Waals surface area contributed by atoms with Gasteiger partial charge in [-0.15, -0.1) is 0 Å². The van der Waals surface area contributed by atoms with E-state index in [2.05, 4.69) is 27.0 Å². The number of amides is 1. The molecule has 126 valence electrons. The number of carbonyl (C=O) groups is 1. The fourth-order valence-corrected chi connectivity index (χ4v) is 4.61. The standard InChI is InChI=1S/C17H25N3O2S/c1-12-10-15(21)11-16(18-12)17(22)19-13-2-6-20(7-3-13)14-4-8-23-9-5-14/h10-11,13-14H,2-9H2,1H3,(H,18,21)(H,19,22). The molecule has 1 amide bonds. The zero-order valence-electron chi connectivity index (χ0n) is 13.6. The van der Waals surface area contributed by atoms with Gasteiger partial charge in [0.05, 0.1) is 0 Å². The lowest BCUT2D eigenvalue weighted by Gasteiger charge is -2.39. The Morgan fingerprint density at radius 2 is 1.91 bits per heavy atom. The number of carbonyl (C=O) groups excluding carboxylic acids is 1. The van der Waals surface area contributed by atoms with E-state index in [0.29, 0.717) is 11.4 Å². The zero-order chi connectivity index (χ0) is 16.2. The van der Waals surface area contributed by atoms with Gasteiger partial charge in [-0.3, -0.25) is 9.59 Å². The van der Waals surface area contributed by atoms with E-state index in [9.17, 15) is 9.59 Å². The van der Waals surface area contributed by atoms with Gasteiger partial charge in [0.1, 0.15) is 5.69 Å². The molecule has 3 heterocycles. The Bertz CT molecular complexity index is 602. The first-order valence-corrected chi connectivity index (χ1v) is 9.61. The molecule has 0 bridgehead atoms. The second-order valence-corrected chi connectivity index (χ2v) is 7.76. The van der Waals surface area contributed by atoms with Crippen molar-refractivity contribution >= 4 is 17.7 Å². The molecule has 23 heavy (non-hydrogen) atoms. The minimum absolute atomic E-state index is 0.128. The van der Waals surface area contributed by atoms with E-state index in [0.717, 1.165) is 32.0 Å². The number of H-pyrrole nitrogens is 1. The monoisotopic (exact) mass is 335 g/mol. The van der Waals surface area contributed by atoms with Gasteiger partial charge in [-0.1, -0.05) is 0 Å².